The van der Waals surface area contributed by atoms with Gasteiger partial charge in [-0.1, -0.05) is 79.2 Å². The lowest BCUT2D eigenvalue weighted by Crippen LogP contribution is -2.49. The number of halogens is 3. The van der Waals surface area contributed by atoms with Crippen molar-refractivity contribution in [3.8, 4) is 0 Å². The molecule has 0 spiro atoms. The van der Waals surface area contributed by atoms with Crippen molar-refractivity contribution in [2.75, 3.05) is 5.32 Å². The van der Waals surface area contributed by atoms with E-state index in [0.717, 1.165) is 31.4 Å². The summed E-state index contributed by atoms with van der Waals surface area (Å²) in [6, 6.07) is 9.31. The second-order valence-electron chi connectivity index (χ2n) is 4.86. The minimum Gasteiger partial charge on any atom is -0.362 e. The molecule has 1 aromatic carbocycles. The second-order valence-corrected chi connectivity index (χ2v) is 7.23. The van der Waals surface area contributed by atoms with Crippen molar-refractivity contribution in [1.82, 2.24) is 5.32 Å². The Kier molecular flexibility index (Phi) is 8.23. The highest BCUT2D eigenvalue weighted by atomic mass is 35.6. The van der Waals surface area contributed by atoms with Crippen molar-refractivity contribution in [3.05, 3.63) is 30.3 Å². The van der Waals surface area contributed by atoms with Gasteiger partial charge in [0.25, 0.3) is 0 Å². The predicted octanol–water partition coefficient (Wildman–Crippen LogP) is 4.88. The molecule has 21 heavy (non-hydrogen) atoms. The number of alkyl halides is 3. The van der Waals surface area contributed by atoms with Gasteiger partial charge in [-0.05, 0) is 18.6 Å². The van der Waals surface area contributed by atoms with E-state index >= 15 is 0 Å². The van der Waals surface area contributed by atoms with Crippen molar-refractivity contribution in [1.29, 1.82) is 0 Å². The molecule has 0 saturated carbocycles. The summed E-state index contributed by atoms with van der Waals surface area (Å²) >= 11 is 17.8. The summed E-state index contributed by atoms with van der Waals surface area (Å²) in [5.41, 5.74) is 0.778. The Morgan fingerprint density at radius 3 is 2.38 bits per heavy atom. The van der Waals surface area contributed by atoms with Gasteiger partial charge in [0.05, 0.1) is 0 Å². The summed E-state index contributed by atoms with van der Waals surface area (Å²) in [5.74, 6) is -0.120. The summed E-state index contributed by atoms with van der Waals surface area (Å²) in [7, 11) is 0. The molecule has 2 N–H and O–H groups in total. The number of rotatable bonds is 8. The van der Waals surface area contributed by atoms with Gasteiger partial charge in [-0.2, -0.15) is 0 Å². The van der Waals surface area contributed by atoms with E-state index in [0.29, 0.717) is 6.42 Å². The van der Waals surface area contributed by atoms with Crippen LogP contribution in [-0.4, -0.2) is 15.9 Å². The number of carbonyl (C=O) groups is 1. The molecule has 0 unspecified atom stereocenters. The Morgan fingerprint density at radius 1 is 1.14 bits per heavy atom. The fourth-order valence-corrected chi connectivity index (χ4v) is 2.17. The second kappa shape index (κ2) is 9.39. The number of para-hydroxylation sites is 1. The zero-order chi connectivity index (χ0) is 15.7. The molecule has 0 bridgehead atoms. The first-order valence-corrected chi connectivity index (χ1v) is 8.24. The lowest BCUT2D eigenvalue weighted by atomic mass is 10.1. The zero-order valence-electron chi connectivity index (χ0n) is 12.0. The molecule has 6 heteroatoms. The normalized spacial score (nSPS) is 12.8. The van der Waals surface area contributed by atoms with E-state index in [1.54, 1.807) is 0 Å². The lowest BCUT2D eigenvalue weighted by molar-refractivity contribution is -0.121. The van der Waals surface area contributed by atoms with Crippen LogP contribution in [0.15, 0.2) is 30.3 Å². The molecular formula is C15H21Cl3N2O. The standard InChI is InChI=1S/C15H21Cl3N2O/c1-2-3-4-8-11-13(21)20-14(15(16,17)18)19-12-9-6-5-7-10-12/h5-7,9-10,14,19H,2-4,8,11H2,1H3,(H,20,21)/t14-/m1/s1. The Labute approximate surface area is 141 Å². The maximum absolute atomic E-state index is 11.9. The topological polar surface area (TPSA) is 41.1 Å². The van der Waals surface area contributed by atoms with Gasteiger partial charge in [0, 0.05) is 12.1 Å². The van der Waals surface area contributed by atoms with Crippen molar-refractivity contribution < 1.29 is 4.79 Å². The van der Waals surface area contributed by atoms with Crippen LogP contribution in [0.1, 0.15) is 39.0 Å². The van der Waals surface area contributed by atoms with Crippen LogP contribution < -0.4 is 10.6 Å². The molecule has 1 rings (SSSR count). The number of amides is 1. The van der Waals surface area contributed by atoms with E-state index in [4.69, 9.17) is 34.8 Å². The molecule has 0 radical (unpaired) electrons. The van der Waals surface area contributed by atoms with Gasteiger partial charge in [0.1, 0.15) is 6.17 Å². The number of unbranched alkanes of at least 4 members (excludes halogenated alkanes) is 3. The van der Waals surface area contributed by atoms with Gasteiger partial charge in [-0.15, -0.1) is 0 Å². The maximum atomic E-state index is 11.9. The number of hydrogen-bond acceptors (Lipinski definition) is 2. The third-order valence-electron chi connectivity index (χ3n) is 2.97. The molecule has 1 atom stereocenters. The molecule has 0 fully saturated rings. The van der Waals surface area contributed by atoms with E-state index in [2.05, 4.69) is 17.6 Å². The average molecular weight is 352 g/mol. The number of anilines is 1. The molecule has 1 amide bonds. The van der Waals surface area contributed by atoms with E-state index in [9.17, 15) is 4.79 Å². The molecule has 0 aliphatic carbocycles. The highest BCUT2D eigenvalue weighted by Gasteiger charge is 2.33. The number of hydrogen-bond donors (Lipinski definition) is 2. The van der Waals surface area contributed by atoms with Crippen molar-refractivity contribution in [2.45, 2.75) is 49.0 Å². The molecule has 0 aromatic heterocycles. The van der Waals surface area contributed by atoms with E-state index in [-0.39, 0.29) is 5.91 Å². The Balaban J connectivity index is 2.53. The minimum atomic E-state index is -1.63. The SMILES string of the molecule is CCCCCCC(=O)N[C@@H](Nc1ccccc1)C(Cl)(Cl)Cl. The number of carbonyl (C=O) groups excluding carboxylic acids is 1. The fourth-order valence-electron chi connectivity index (χ4n) is 1.85. The van der Waals surface area contributed by atoms with Gasteiger partial charge in [0.2, 0.25) is 9.70 Å². The van der Waals surface area contributed by atoms with Gasteiger partial charge >= 0.3 is 0 Å². The van der Waals surface area contributed by atoms with Gasteiger partial charge in [0.15, 0.2) is 0 Å². The minimum absolute atomic E-state index is 0.120. The van der Waals surface area contributed by atoms with Crippen LogP contribution in [0.5, 0.6) is 0 Å². The van der Waals surface area contributed by atoms with Crippen LogP contribution in [0.2, 0.25) is 0 Å². The van der Waals surface area contributed by atoms with Crippen LogP contribution in [-0.2, 0) is 4.79 Å². The molecular weight excluding hydrogens is 331 g/mol. The quantitative estimate of drug-likeness (QED) is 0.398. The largest absolute Gasteiger partial charge is 0.362 e. The first-order chi connectivity index (χ1) is 9.93. The Morgan fingerprint density at radius 2 is 1.81 bits per heavy atom. The lowest BCUT2D eigenvalue weighted by Gasteiger charge is -2.27. The van der Waals surface area contributed by atoms with Crippen molar-refractivity contribution >= 4 is 46.4 Å². The molecule has 0 heterocycles. The number of nitrogens with one attached hydrogen (secondary N) is 2. The highest BCUT2D eigenvalue weighted by molar-refractivity contribution is 6.68. The van der Waals surface area contributed by atoms with E-state index in [1.165, 1.54) is 0 Å². The summed E-state index contributed by atoms with van der Waals surface area (Å²) in [6.07, 6.45) is 3.81. The van der Waals surface area contributed by atoms with Crippen molar-refractivity contribution in [3.63, 3.8) is 0 Å². The molecule has 0 saturated heterocycles. The third kappa shape index (κ3) is 7.79. The molecule has 3 nitrogen and oxygen atoms in total. The highest BCUT2D eigenvalue weighted by Crippen LogP contribution is 2.31. The first kappa shape index (κ1) is 18.4. The average Bonchev–Trinajstić information content (AvgIpc) is 2.43. The van der Waals surface area contributed by atoms with Gasteiger partial charge < -0.3 is 10.6 Å². The van der Waals surface area contributed by atoms with Gasteiger partial charge in [-0.3, -0.25) is 4.79 Å². The predicted molar refractivity (Wildman–Crippen MR) is 91.0 cm³/mol. The monoisotopic (exact) mass is 350 g/mol. The Bertz CT molecular complexity index is 421. The molecule has 1 aromatic rings. The third-order valence-corrected chi connectivity index (χ3v) is 3.63. The molecule has 0 aliphatic rings. The summed E-state index contributed by atoms with van der Waals surface area (Å²) < 4.78 is -1.63. The van der Waals surface area contributed by atoms with Crippen LogP contribution in [0, 0.1) is 0 Å². The summed E-state index contributed by atoms with van der Waals surface area (Å²) in [5, 5.41) is 5.76. The van der Waals surface area contributed by atoms with E-state index < -0.39 is 9.96 Å². The van der Waals surface area contributed by atoms with Crippen LogP contribution in [0.3, 0.4) is 0 Å². The first-order valence-electron chi connectivity index (χ1n) is 7.11. The summed E-state index contributed by atoms with van der Waals surface area (Å²) in [6.45, 7) is 2.13. The van der Waals surface area contributed by atoms with Crippen LogP contribution in [0.25, 0.3) is 0 Å². The van der Waals surface area contributed by atoms with Crippen LogP contribution in [0.4, 0.5) is 5.69 Å². The zero-order valence-corrected chi connectivity index (χ0v) is 14.3. The van der Waals surface area contributed by atoms with E-state index in [1.807, 2.05) is 30.3 Å². The Hall–Kier alpha value is -0.640. The smallest absolute Gasteiger partial charge is 0.228 e. The van der Waals surface area contributed by atoms with Crippen LogP contribution >= 0.6 is 34.8 Å². The molecule has 0 aliphatic heterocycles. The maximum Gasteiger partial charge on any atom is 0.228 e. The summed E-state index contributed by atoms with van der Waals surface area (Å²) in [4.78, 5) is 11.9. The number of benzene rings is 1. The molecule has 118 valence electrons. The van der Waals surface area contributed by atoms with Gasteiger partial charge in [-0.25, -0.2) is 0 Å². The van der Waals surface area contributed by atoms with Crippen molar-refractivity contribution in [2.24, 2.45) is 0 Å². The fraction of sp³-hybridized carbons (Fsp3) is 0.533.